The molecule has 306 valence electrons. The minimum Gasteiger partial charge on any atom is -0.407 e. The molecule has 0 saturated carbocycles. The first-order valence-electron chi connectivity index (χ1n) is 18.6. The fourth-order valence-electron chi connectivity index (χ4n) is 7.54. The summed E-state index contributed by atoms with van der Waals surface area (Å²) in [6, 6.07) is 0. The predicted molar refractivity (Wildman–Crippen MR) is 212 cm³/mol. The number of aryl methyl sites for hydroxylation is 2. The van der Waals surface area contributed by atoms with Crippen molar-refractivity contribution in [2.24, 2.45) is 0 Å². The topological polar surface area (TPSA) is 209 Å². The second-order valence-electron chi connectivity index (χ2n) is 16.1. The number of hydrogen-bond acceptors (Lipinski definition) is 15. The van der Waals surface area contributed by atoms with Crippen LogP contribution in [0.3, 0.4) is 0 Å². The molecule has 3 aliphatic heterocycles. The number of aliphatic hydroxyl groups excluding tert-OH is 1. The van der Waals surface area contributed by atoms with E-state index in [4.69, 9.17) is 60.6 Å². The zero-order valence-corrected chi connectivity index (χ0v) is 36.1. The van der Waals surface area contributed by atoms with E-state index in [9.17, 15) is 19.7 Å². The third-order valence-corrected chi connectivity index (χ3v) is 19.0. The van der Waals surface area contributed by atoms with E-state index in [1.165, 1.54) is 21.8 Å². The number of aromatic nitrogens is 7. The van der Waals surface area contributed by atoms with Gasteiger partial charge < -0.3 is 46.9 Å². The summed E-state index contributed by atoms with van der Waals surface area (Å²) in [5.41, 5.74) is 2.58. The summed E-state index contributed by atoms with van der Waals surface area (Å²) in [6.45, 7) is 1.82. The molecule has 9 atom stereocenters. The molecule has 3 N–H and O–H groups in total. The van der Waals surface area contributed by atoms with E-state index >= 15 is 0 Å². The van der Waals surface area contributed by atoms with Gasteiger partial charge in [-0.1, -0.05) is 20.8 Å². The van der Waals surface area contributed by atoms with E-state index < -0.39 is 70.3 Å². The van der Waals surface area contributed by atoms with Crippen LogP contribution in [0.2, 0.25) is 18.1 Å². The van der Waals surface area contributed by atoms with Crippen molar-refractivity contribution in [1.29, 1.82) is 0 Å². The van der Waals surface area contributed by atoms with Crippen LogP contribution in [0.15, 0.2) is 30.0 Å². The van der Waals surface area contributed by atoms with Crippen molar-refractivity contribution in [1.82, 2.24) is 33.6 Å². The van der Waals surface area contributed by atoms with Crippen molar-refractivity contribution in [3.8, 4) is 0 Å². The van der Waals surface area contributed by atoms with Gasteiger partial charge in [-0.2, -0.15) is 0 Å². The Morgan fingerprint density at radius 2 is 1.68 bits per heavy atom. The average molecular weight is 872 g/mol. The van der Waals surface area contributed by atoms with Crippen molar-refractivity contribution in [3.05, 3.63) is 46.8 Å². The first kappa shape index (κ1) is 40.8. The molecule has 23 heteroatoms. The minimum absolute atomic E-state index is 0.0484. The first-order valence-corrected chi connectivity index (χ1v) is 26.7. The summed E-state index contributed by atoms with van der Waals surface area (Å²) >= 11 is 11.2. The lowest BCUT2D eigenvalue weighted by Crippen LogP contribution is -2.49. The molecule has 8 rings (SSSR count). The van der Waals surface area contributed by atoms with Crippen molar-refractivity contribution < 1.29 is 46.9 Å². The molecule has 56 heavy (non-hydrogen) atoms. The summed E-state index contributed by atoms with van der Waals surface area (Å²) < 4.78 is 49.5. The van der Waals surface area contributed by atoms with Gasteiger partial charge in [0.2, 0.25) is 0 Å². The van der Waals surface area contributed by atoms with Crippen LogP contribution in [0.25, 0.3) is 22.2 Å². The number of hydrogen-bond donors (Lipinski definition) is 3. The third-order valence-electron chi connectivity index (χ3n) is 11.3. The Morgan fingerprint density at radius 3 is 2.45 bits per heavy atom. The maximum Gasteiger partial charge on any atom is 0.325 e. The van der Waals surface area contributed by atoms with E-state index in [2.05, 4.69) is 48.8 Å². The van der Waals surface area contributed by atoms with E-state index in [1.54, 1.807) is 6.33 Å². The molecule has 4 aromatic heterocycles. The number of fused-ring (bicyclic) bond motifs is 4. The highest BCUT2D eigenvalue weighted by Gasteiger charge is 2.54. The van der Waals surface area contributed by atoms with Crippen molar-refractivity contribution in [2.75, 3.05) is 19.8 Å². The number of aliphatic hydroxyl groups is 1. The standard InChI is InChI=1S/C33H47N7O11P2S2Si/c1-33(2,3)56(4,5)51-27-26-23(48-32(27)39-13-19-8-6-7-9-21-24(19)28(39)35-16-34-21)15-46-52(43,54)49-22-12-20(14-45-53(44,55)50-26)47-31(22)40-18-36-25-29(40)37-17-38(10-11-41)30(25)42/h13,16-18,20,22-23,26-27,31-32,41H,6-12,14-15H2,1-5H3,(H,43,54)(H,44,55)/t20-,22+,23+,26+,27+,31+,32+,52?,53?/m0/s1. The predicted octanol–water partition coefficient (Wildman–Crippen LogP) is 3.74. The minimum atomic E-state index is -4.04. The lowest BCUT2D eigenvalue weighted by Gasteiger charge is -2.41. The Hall–Kier alpha value is -1.91. The highest BCUT2D eigenvalue weighted by molar-refractivity contribution is 8.07. The molecule has 2 bridgehead atoms. The van der Waals surface area contributed by atoms with Gasteiger partial charge in [-0.25, -0.2) is 19.9 Å². The van der Waals surface area contributed by atoms with E-state index in [1.807, 2.05) is 10.8 Å². The van der Waals surface area contributed by atoms with Gasteiger partial charge in [0.15, 0.2) is 31.9 Å². The Morgan fingerprint density at radius 1 is 0.929 bits per heavy atom. The van der Waals surface area contributed by atoms with Gasteiger partial charge in [0.05, 0.1) is 44.5 Å². The van der Waals surface area contributed by atoms with Crippen molar-refractivity contribution in [3.63, 3.8) is 0 Å². The Bertz CT molecular complexity index is 2290. The summed E-state index contributed by atoms with van der Waals surface area (Å²) in [5.74, 6) is 0. The number of rotatable bonds is 6. The SMILES string of the molecule is CC(C)(C)[Si](C)(C)O[C@@H]1[C@@H]2OP(O)(=S)OC[C@@H]3C[C@@H](OP(O)(=S)OC[C@H]2O[C@H]1n1cc2c4c(ncnc41)CCCC2)[C@H](n1cnc2c(=O)n(CCO)cnc21)O3. The van der Waals surface area contributed by atoms with E-state index in [0.717, 1.165) is 42.3 Å². The van der Waals surface area contributed by atoms with Crippen LogP contribution in [0.5, 0.6) is 0 Å². The fraction of sp³-hybridized carbons (Fsp3) is 0.667. The number of imidazole rings is 1. The second kappa shape index (κ2) is 15.3. The molecule has 7 heterocycles. The molecule has 3 fully saturated rings. The number of ether oxygens (including phenoxy) is 2. The molecule has 0 aromatic carbocycles. The molecular weight excluding hydrogens is 825 g/mol. The molecule has 18 nitrogen and oxygen atoms in total. The molecule has 3 saturated heterocycles. The van der Waals surface area contributed by atoms with Crippen LogP contribution in [0, 0.1) is 0 Å². The van der Waals surface area contributed by atoms with E-state index in [-0.39, 0.29) is 49.0 Å². The smallest absolute Gasteiger partial charge is 0.325 e. The summed E-state index contributed by atoms with van der Waals surface area (Å²) in [7, 11) is -2.57. The third kappa shape index (κ3) is 7.79. The van der Waals surface area contributed by atoms with Gasteiger partial charge in [-0.05, 0) is 73.0 Å². The van der Waals surface area contributed by atoms with E-state index in [0.29, 0.717) is 5.65 Å². The largest absolute Gasteiger partial charge is 0.407 e. The van der Waals surface area contributed by atoms with Crippen molar-refractivity contribution >= 4 is 67.6 Å². The molecule has 4 aliphatic rings. The normalized spacial score (nSPS) is 33.2. The maximum absolute atomic E-state index is 13.0. The second-order valence-corrected chi connectivity index (χ2v) is 26.5. The number of nitrogens with zero attached hydrogens (tertiary/aromatic N) is 7. The van der Waals surface area contributed by atoms with Crippen LogP contribution in [0.4, 0.5) is 0 Å². The van der Waals surface area contributed by atoms with Crippen molar-refractivity contribution in [2.45, 2.75) is 121 Å². The molecule has 0 amide bonds. The Kier molecular flexibility index (Phi) is 11.1. The molecular formula is C33H47N7O11P2S2Si. The van der Waals surface area contributed by atoms with Gasteiger partial charge in [-0.15, -0.1) is 0 Å². The van der Waals surface area contributed by atoms with Crippen LogP contribution in [-0.4, -0.2) is 107 Å². The molecule has 2 unspecified atom stereocenters. The molecule has 0 spiro atoms. The van der Waals surface area contributed by atoms with Crippen LogP contribution in [-0.2, 0) is 75.0 Å². The maximum atomic E-state index is 13.0. The lowest BCUT2D eigenvalue weighted by molar-refractivity contribution is -0.0601. The summed E-state index contributed by atoms with van der Waals surface area (Å²) in [4.78, 5) is 54.3. The van der Waals surface area contributed by atoms with Crippen LogP contribution in [0.1, 0.15) is 63.7 Å². The monoisotopic (exact) mass is 871 g/mol. The first-order chi connectivity index (χ1) is 26.5. The summed E-state index contributed by atoms with van der Waals surface area (Å²) in [6.07, 6.45) is 3.89. The Balaban J connectivity index is 1.14. The van der Waals surface area contributed by atoms with Crippen LogP contribution >= 0.6 is 13.4 Å². The quantitative estimate of drug-likeness (QED) is 0.186. The highest BCUT2D eigenvalue weighted by atomic mass is 32.5. The lowest BCUT2D eigenvalue weighted by atomic mass is 10.1. The fourth-order valence-corrected chi connectivity index (χ4v) is 11.7. The zero-order chi connectivity index (χ0) is 39.8. The van der Waals surface area contributed by atoms with Gasteiger partial charge >= 0.3 is 13.4 Å². The zero-order valence-electron chi connectivity index (χ0n) is 31.7. The van der Waals surface area contributed by atoms with Gasteiger partial charge in [0, 0.05) is 18.0 Å². The average Bonchev–Trinajstić information content (AvgIpc) is 3.86. The highest BCUT2D eigenvalue weighted by Crippen LogP contribution is 2.55. The van der Waals surface area contributed by atoms with Gasteiger partial charge in [0.1, 0.15) is 42.7 Å². The summed E-state index contributed by atoms with van der Waals surface area (Å²) in [5, 5.41) is 10.1. The molecule has 0 radical (unpaired) electrons. The molecule has 1 aliphatic carbocycles. The Labute approximate surface area is 334 Å². The van der Waals surface area contributed by atoms with Gasteiger partial charge in [0.25, 0.3) is 5.56 Å². The van der Waals surface area contributed by atoms with Gasteiger partial charge in [-0.3, -0.25) is 18.5 Å². The van der Waals surface area contributed by atoms with Crippen LogP contribution < -0.4 is 5.56 Å². The molecule has 4 aromatic rings.